The van der Waals surface area contributed by atoms with E-state index in [1.54, 1.807) is 30.3 Å². The lowest BCUT2D eigenvalue weighted by Gasteiger charge is -2.16. The molecule has 2 aromatic carbocycles. The molecule has 1 saturated heterocycles. The molecule has 0 saturated carbocycles. The summed E-state index contributed by atoms with van der Waals surface area (Å²) in [5.74, 6) is -1.78. The van der Waals surface area contributed by atoms with Gasteiger partial charge in [0.2, 0.25) is 5.91 Å². The number of anilines is 1. The molecule has 1 fully saturated rings. The van der Waals surface area contributed by atoms with Crippen LogP contribution >= 0.6 is 0 Å². The van der Waals surface area contributed by atoms with Gasteiger partial charge >= 0.3 is 6.18 Å². The van der Waals surface area contributed by atoms with Gasteiger partial charge in [0.15, 0.2) is 5.78 Å². The lowest BCUT2D eigenvalue weighted by atomic mass is 9.95. The van der Waals surface area contributed by atoms with E-state index in [-0.39, 0.29) is 17.9 Å². The van der Waals surface area contributed by atoms with E-state index in [0.29, 0.717) is 5.69 Å². The summed E-state index contributed by atoms with van der Waals surface area (Å²) in [7, 11) is 0. The molecular weight excluding hydrogens is 307 g/mol. The second-order valence-corrected chi connectivity index (χ2v) is 5.28. The first-order valence-corrected chi connectivity index (χ1v) is 6.94. The van der Waals surface area contributed by atoms with Crippen molar-refractivity contribution >= 4 is 17.4 Å². The Kier molecular flexibility index (Phi) is 3.67. The Morgan fingerprint density at radius 2 is 1.52 bits per heavy atom. The van der Waals surface area contributed by atoms with Crippen LogP contribution in [0.1, 0.15) is 17.0 Å². The van der Waals surface area contributed by atoms with Crippen molar-refractivity contribution in [2.45, 2.75) is 12.1 Å². The fourth-order valence-corrected chi connectivity index (χ4v) is 2.64. The quantitative estimate of drug-likeness (QED) is 0.796. The molecule has 3 rings (SSSR count). The van der Waals surface area contributed by atoms with Crippen molar-refractivity contribution in [1.29, 1.82) is 0 Å². The third kappa shape index (κ3) is 2.84. The van der Waals surface area contributed by atoms with Crippen molar-refractivity contribution in [3.8, 4) is 0 Å². The van der Waals surface area contributed by atoms with Gasteiger partial charge in [0, 0.05) is 5.69 Å². The first-order chi connectivity index (χ1) is 10.9. The monoisotopic (exact) mass is 319 g/mol. The predicted molar refractivity (Wildman–Crippen MR) is 78.0 cm³/mol. The van der Waals surface area contributed by atoms with E-state index in [9.17, 15) is 22.8 Å². The van der Waals surface area contributed by atoms with Crippen molar-refractivity contribution in [1.82, 2.24) is 0 Å². The molecule has 0 N–H and O–H groups in total. The van der Waals surface area contributed by atoms with Crippen LogP contribution in [0, 0.1) is 0 Å². The van der Waals surface area contributed by atoms with Gasteiger partial charge in [0.1, 0.15) is 5.92 Å². The Hall–Kier alpha value is -2.63. The van der Waals surface area contributed by atoms with E-state index in [0.717, 1.165) is 12.1 Å². The van der Waals surface area contributed by atoms with Crippen molar-refractivity contribution in [3.63, 3.8) is 0 Å². The molecule has 3 nitrogen and oxygen atoms in total. The number of Topliss-reactive ketones (excluding diaryl/α,β-unsaturated/α-hetero) is 1. The summed E-state index contributed by atoms with van der Waals surface area (Å²) in [4.78, 5) is 26.0. The Bertz CT molecular complexity index is 739. The maximum atomic E-state index is 12.6. The average molecular weight is 319 g/mol. The Labute approximate surface area is 130 Å². The summed E-state index contributed by atoms with van der Waals surface area (Å²) in [6.07, 6.45) is -4.45. The van der Waals surface area contributed by atoms with Crippen LogP contribution in [0.4, 0.5) is 18.9 Å². The van der Waals surface area contributed by atoms with Crippen molar-refractivity contribution < 1.29 is 22.8 Å². The van der Waals surface area contributed by atoms with Gasteiger partial charge in [-0.2, -0.15) is 13.2 Å². The first-order valence-electron chi connectivity index (χ1n) is 6.94. The third-order valence-corrected chi connectivity index (χ3v) is 3.79. The number of ketones is 1. The van der Waals surface area contributed by atoms with E-state index in [1.807, 2.05) is 0 Å². The number of alkyl halides is 3. The summed E-state index contributed by atoms with van der Waals surface area (Å²) in [6, 6.07) is 12.9. The van der Waals surface area contributed by atoms with E-state index in [2.05, 4.69) is 0 Å². The van der Waals surface area contributed by atoms with Crippen LogP contribution in [0.15, 0.2) is 54.6 Å². The minimum Gasteiger partial charge on any atom is -0.304 e. The second kappa shape index (κ2) is 5.53. The molecule has 1 amide bonds. The minimum atomic E-state index is -4.45. The first kappa shape index (κ1) is 15.3. The molecule has 2 aromatic rings. The number of hydrogen-bond donors (Lipinski definition) is 0. The molecule has 0 aliphatic carbocycles. The van der Waals surface area contributed by atoms with Gasteiger partial charge in [0.25, 0.3) is 0 Å². The largest absolute Gasteiger partial charge is 0.416 e. The Morgan fingerprint density at radius 1 is 0.913 bits per heavy atom. The molecule has 1 atom stereocenters. The van der Waals surface area contributed by atoms with Crippen LogP contribution in [0.2, 0.25) is 0 Å². The molecule has 118 valence electrons. The lowest BCUT2D eigenvalue weighted by Crippen LogP contribution is -2.26. The molecule has 1 aliphatic heterocycles. The number of nitrogens with zero attached hydrogens (tertiary/aromatic N) is 1. The van der Waals surface area contributed by atoms with Crippen LogP contribution in [-0.4, -0.2) is 18.2 Å². The van der Waals surface area contributed by atoms with E-state index >= 15 is 0 Å². The van der Waals surface area contributed by atoms with Crippen LogP contribution < -0.4 is 4.90 Å². The number of halogens is 3. The maximum absolute atomic E-state index is 12.6. The van der Waals surface area contributed by atoms with E-state index in [4.69, 9.17) is 0 Å². The smallest absolute Gasteiger partial charge is 0.304 e. The lowest BCUT2D eigenvalue weighted by molar-refractivity contribution is -0.137. The zero-order valence-electron chi connectivity index (χ0n) is 11.9. The standard InChI is InChI=1S/C17H12F3NO2/c18-17(19,20)12-8-6-11(7-9-12)15-14(22)10-21(16(15)23)13-4-2-1-3-5-13/h1-9,15H,10H2. The molecule has 1 unspecified atom stereocenters. The van der Waals surface area contributed by atoms with Gasteiger partial charge < -0.3 is 4.90 Å². The molecule has 0 aromatic heterocycles. The number of para-hydroxylation sites is 1. The Balaban J connectivity index is 1.89. The van der Waals surface area contributed by atoms with E-state index < -0.39 is 23.6 Å². The highest BCUT2D eigenvalue weighted by atomic mass is 19.4. The summed E-state index contributed by atoms with van der Waals surface area (Å²) in [5, 5.41) is 0. The van der Waals surface area contributed by atoms with E-state index in [1.165, 1.54) is 17.0 Å². The number of carbonyl (C=O) groups is 2. The van der Waals surface area contributed by atoms with Crippen molar-refractivity contribution in [2.24, 2.45) is 0 Å². The molecule has 23 heavy (non-hydrogen) atoms. The highest BCUT2D eigenvalue weighted by molar-refractivity contribution is 6.21. The van der Waals surface area contributed by atoms with Crippen LogP contribution in [0.3, 0.4) is 0 Å². The molecule has 0 radical (unpaired) electrons. The molecule has 6 heteroatoms. The molecule has 0 bridgehead atoms. The summed E-state index contributed by atoms with van der Waals surface area (Å²) in [6.45, 7) is -0.0749. The zero-order valence-corrected chi connectivity index (χ0v) is 11.9. The van der Waals surface area contributed by atoms with Crippen LogP contribution in [0.5, 0.6) is 0 Å². The number of benzene rings is 2. The number of rotatable bonds is 2. The molecule has 1 aliphatic rings. The van der Waals surface area contributed by atoms with Crippen LogP contribution in [0.25, 0.3) is 0 Å². The Morgan fingerprint density at radius 3 is 2.09 bits per heavy atom. The highest BCUT2D eigenvalue weighted by Crippen LogP contribution is 2.33. The van der Waals surface area contributed by atoms with Gasteiger partial charge in [-0.3, -0.25) is 9.59 Å². The molecule has 1 heterocycles. The summed E-state index contributed by atoms with van der Waals surface area (Å²) in [5.41, 5.74) is 0.0748. The zero-order chi connectivity index (χ0) is 16.6. The predicted octanol–water partition coefficient (Wildman–Crippen LogP) is 3.40. The van der Waals surface area contributed by atoms with Gasteiger partial charge in [-0.25, -0.2) is 0 Å². The molecular formula is C17H12F3NO2. The summed E-state index contributed by atoms with van der Waals surface area (Å²) < 4.78 is 37.8. The fourth-order valence-electron chi connectivity index (χ4n) is 2.64. The fraction of sp³-hybridized carbons (Fsp3) is 0.176. The summed E-state index contributed by atoms with van der Waals surface area (Å²) >= 11 is 0. The second-order valence-electron chi connectivity index (χ2n) is 5.28. The minimum absolute atomic E-state index is 0.0749. The van der Waals surface area contributed by atoms with Gasteiger partial charge in [-0.05, 0) is 29.8 Å². The number of carbonyl (C=O) groups excluding carboxylic acids is 2. The van der Waals surface area contributed by atoms with Gasteiger partial charge in [-0.1, -0.05) is 30.3 Å². The third-order valence-electron chi connectivity index (χ3n) is 3.79. The SMILES string of the molecule is O=C1CN(c2ccccc2)C(=O)C1c1ccc(C(F)(F)F)cc1. The van der Waals surface area contributed by atoms with Crippen LogP contribution in [-0.2, 0) is 15.8 Å². The van der Waals surface area contributed by atoms with Crippen molar-refractivity contribution in [3.05, 3.63) is 65.7 Å². The average Bonchev–Trinajstić information content (AvgIpc) is 2.82. The maximum Gasteiger partial charge on any atom is 0.416 e. The van der Waals surface area contributed by atoms with Crippen molar-refractivity contribution in [2.75, 3.05) is 11.4 Å². The van der Waals surface area contributed by atoms with Gasteiger partial charge in [-0.15, -0.1) is 0 Å². The highest BCUT2D eigenvalue weighted by Gasteiger charge is 2.41. The topological polar surface area (TPSA) is 37.4 Å². The number of amides is 1. The normalized spacial score (nSPS) is 18.6. The van der Waals surface area contributed by atoms with Gasteiger partial charge in [0.05, 0.1) is 12.1 Å². The number of hydrogen-bond acceptors (Lipinski definition) is 2. The molecule has 0 spiro atoms.